The van der Waals surface area contributed by atoms with Gasteiger partial charge in [-0.1, -0.05) is 5.21 Å². The highest BCUT2D eigenvalue weighted by Gasteiger charge is 2.26. The summed E-state index contributed by atoms with van der Waals surface area (Å²) in [4.78, 5) is 14.4. The van der Waals surface area contributed by atoms with Crippen molar-refractivity contribution in [3.05, 3.63) is 35.7 Å². The van der Waals surface area contributed by atoms with E-state index in [1.807, 2.05) is 31.2 Å². The van der Waals surface area contributed by atoms with Crippen LogP contribution in [0.15, 0.2) is 24.3 Å². The molecule has 1 fully saturated rings. The third-order valence-corrected chi connectivity index (χ3v) is 4.24. The number of hydrogen-bond donors (Lipinski definition) is 1. The van der Waals surface area contributed by atoms with E-state index in [-0.39, 0.29) is 24.4 Å². The minimum absolute atomic E-state index is 0. The number of piperidine rings is 1. The Labute approximate surface area is 147 Å². The first-order valence-corrected chi connectivity index (χ1v) is 7.71. The van der Waals surface area contributed by atoms with E-state index < -0.39 is 0 Å². The van der Waals surface area contributed by atoms with E-state index in [0.29, 0.717) is 18.8 Å². The fourth-order valence-electron chi connectivity index (χ4n) is 2.75. The molecule has 1 saturated heterocycles. The van der Waals surface area contributed by atoms with Crippen LogP contribution in [0.2, 0.25) is 0 Å². The quantitative estimate of drug-likeness (QED) is 0.907. The highest BCUT2D eigenvalue weighted by atomic mass is 35.5. The number of nitrogens with zero attached hydrogens (tertiary/aromatic N) is 4. The molecule has 0 unspecified atom stereocenters. The highest BCUT2D eigenvalue weighted by Crippen LogP contribution is 2.18. The molecule has 0 atom stereocenters. The number of aromatic nitrogens is 3. The molecule has 1 aromatic carbocycles. The van der Waals surface area contributed by atoms with Gasteiger partial charge in [0.1, 0.15) is 5.75 Å². The first-order chi connectivity index (χ1) is 11.1. The third kappa shape index (κ3) is 3.52. The van der Waals surface area contributed by atoms with Crippen molar-refractivity contribution >= 4 is 18.3 Å². The van der Waals surface area contributed by atoms with Gasteiger partial charge in [-0.15, -0.1) is 17.5 Å². The zero-order chi connectivity index (χ0) is 16.4. The van der Waals surface area contributed by atoms with Crippen molar-refractivity contribution in [2.75, 3.05) is 20.2 Å². The molecule has 1 amide bonds. The minimum atomic E-state index is -0.0749. The molecular formula is C16H22ClN5O2. The van der Waals surface area contributed by atoms with Crippen molar-refractivity contribution in [3.63, 3.8) is 0 Å². The van der Waals surface area contributed by atoms with Gasteiger partial charge in [-0.3, -0.25) is 4.79 Å². The van der Waals surface area contributed by atoms with Gasteiger partial charge in [-0.2, -0.15) is 0 Å². The normalized spacial score (nSPS) is 15.0. The Kier molecular flexibility index (Phi) is 5.80. The van der Waals surface area contributed by atoms with Crippen molar-refractivity contribution in [2.45, 2.75) is 25.8 Å². The Morgan fingerprint density at radius 1 is 1.25 bits per heavy atom. The fraction of sp³-hybridized carbons (Fsp3) is 0.438. The number of benzene rings is 1. The van der Waals surface area contributed by atoms with Gasteiger partial charge in [0.25, 0.3) is 5.91 Å². The number of likely N-dealkylation sites (tertiary alicyclic amines) is 1. The largest absolute Gasteiger partial charge is 0.497 e. The van der Waals surface area contributed by atoms with Gasteiger partial charge >= 0.3 is 0 Å². The second-order valence-electron chi connectivity index (χ2n) is 5.76. The molecule has 8 heteroatoms. The second kappa shape index (κ2) is 7.63. The first-order valence-electron chi connectivity index (χ1n) is 7.71. The van der Waals surface area contributed by atoms with Crippen LogP contribution >= 0.6 is 12.4 Å². The molecule has 2 heterocycles. The molecular weight excluding hydrogens is 330 g/mol. The van der Waals surface area contributed by atoms with Gasteiger partial charge < -0.3 is 15.4 Å². The molecule has 1 aliphatic heterocycles. The maximum absolute atomic E-state index is 12.6. The molecule has 0 aliphatic carbocycles. The minimum Gasteiger partial charge on any atom is -0.497 e. The summed E-state index contributed by atoms with van der Waals surface area (Å²) < 4.78 is 6.82. The lowest BCUT2D eigenvalue weighted by atomic mass is 10.1. The van der Waals surface area contributed by atoms with E-state index in [4.69, 9.17) is 10.5 Å². The maximum Gasteiger partial charge on any atom is 0.276 e. The summed E-state index contributed by atoms with van der Waals surface area (Å²) in [5.41, 5.74) is 7.86. The average molecular weight is 352 g/mol. The number of halogens is 1. The van der Waals surface area contributed by atoms with Crippen molar-refractivity contribution in [1.29, 1.82) is 0 Å². The SMILES string of the molecule is COc1ccc(-n2nnc(C(=O)N3CCC(N)CC3)c2C)cc1.Cl. The standard InChI is InChI=1S/C16H21N5O2.ClH/c1-11-15(16(22)20-9-7-12(17)8-10-20)18-19-21(11)13-3-5-14(23-2)6-4-13;/h3-6,12H,7-10,17H2,1-2H3;1H. The van der Waals surface area contributed by atoms with E-state index in [1.54, 1.807) is 16.7 Å². The van der Waals surface area contributed by atoms with Crippen molar-refractivity contribution in [1.82, 2.24) is 19.9 Å². The second-order valence-corrected chi connectivity index (χ2v) is 5.76. The summed E-state index contributed by atoms with van der Waals surface area (Å²) in [6, 6.07) is 7.66. The number of amides is 1. The van der Waals surface area contributed by atoms with E-state index >= 15 is 0 Å². The lowest BCUT2D eigenvalue weighted by Crippen LogP contribution is -2.43. The van der Waals surface area contributed by atoms with Crippen LogP contribution in [0.4, 0.5) is 0 Å². The van der Waals surface area contributed by atoms with Gasteiger partial charge in [-0.25, -0.2) is 4.68 Å². The molecule has 0 bridgehead atoms. The van der Waals surface area contributed by atoms with Crippen LogP contribution in [0, 0.1) is 6.92 Å². The number of carbonyl (C=O) groups is 1. The van der Waals surface area contributed by atoms with Crippen LogP contribution in [0.25, 0.3) is 5.69 Å². The number of hydrogen-bond acceptors (Lipinski definition) is 5. The van der Waals surface area contributed by atoms with Crippen molar-refractivity contribution in [2.24, 2.45) is 5.73 Å². The first kappa shape index (κ1) is 18.2. The molecule has 0 spiro atoms. The summed E-state index contributed by atoms with van der Waals surface area (Å²) in [6.45, 7) is 3.21. The topological polar surface area (TPSA) is 86.3 Å². The summed E-state index contributed by atoms with van der Waals surface area (Å²) in [5, 5.41) is 8.21. The molecule has 7 nitrogen and oxygen atoms in total. The Hall–Kier alpha value is -2.12. The molecule has 130 valence electrons. The monoisotopic (exact) mass is 351 g/mol. The molecule has 2 aromatic rings. The Balaban J connectivity index is 0.00000208. The predicted octanol–water partition coefficient (Wildman–Crippen LogP) is 1.57. The number of carbonyl (C=O) groups excluding carboxylic acids is 1. The van der Waals surface area contributed by atoms with Crippen LogP contribution < -0.4 is 10.5 Å². The highest BCUT2D eigenvalue weighted by molar-refractivity contribution is 5.93. The zero-order valence-corrected chi connectivity index (χ0v) is 14.6. The summed E-state index contributed by atoms with van der Waals surface area (Å²) in [5.74, 6) is 0.696. The van der Waals surface area contributed by atoms with Crippen LogP contribution in [0.5, 0.6) is 5.75 Å². The van der Waals surface area contributed by atoms with Gasteiger partial charge in [0.2, 0.25) is 0 Å². The zero-order valence-electron chi connectivity index (χ0n) is 13.8. The summed E-state index contributed by atoms with van der Waals surface area (Å²) in [7, 11) is 1.62. The van der Waals surface area contributed by atoms with Gasteiger partial charge in [-0.05, 0) is 44.0 Å². The van der Waals surface area contributed by atoms with Crippen LogP contribution in [0.3, 0.4) is 0 Å². The van der Waals surface area contributed by atoms with E-state index in [0.717, 1.165) is 30.0 Å². The molecule has 1 aromatic heterocycles. The summed E-state index contributed by atoms with van der Waals surface area (Å²) in [6.07, 6.45) is 1.66. The van der Waals surface area contributed by atoms with E-state index in [9.17, 15) is 4.79 Å². The molecule has 0 saturated carbocycles. The smallest absolute Gasteiger partial charge is 0.276 e. The van der Waals surface area contributed by atoms with E-state index in [2.05, 4.69) is 10.3 Å². The number of methoxy groups -OCH3 is 1. The molecule has 0 radical (unpaired) electrons. The lowest BCUT2D eigenvalue weighted by Gasteiger charge is -2.29. The number of rotatable bonds is 3. The van der Waals surface area contributed by atoms with E-state index in [1.165, 1.54) is 0 Å². The Morgan fingerprint density at radius 3 is 2.46 bits per heavy atom. The number of nitrogens with two attached hydrogens (primary N) is 1. The molecule has 1 aliphatic rings. The van der Waals surface area contributed by atoms with Crippen molar-refractivity contribution in [3.8, 4) is 11.4 Å². The maximum atomic E-state index is 12.6. The third-order valence-electron chi connectivity index (χ3n) is 4.24. The van der Waals surface area contributed by atoms with Crippen LogP contribution in [0.1, 0.15) is 29.0 Å². The summed E-state index contributed by atoms with van der Waals surface area (Å²) >= 11 is 0. The van der Waals surface area contributed by atoms with Gasteiger partial charge in [0, 0.05) is 19.1 Å². The molecule has 2 N–H and O–H groups in total. The average Bonchev–Trinajstić information content (AvgIpc) is 2.96. The Bertz CT molecular complexity index is 693. The predicted molar refractivity (Wildman–Crippen MR) is 93.0 cm³/mol. The van der Waals surface area contributed by atoms with Crippen molar-refractivity contribution < 1.29 is 9.53 Å². The molecule has 24 heavy (non-hydrogen) atoms. The fourth-order valence-corrected chi connectivity index (χ4v) is 2.75. The van der Waals surface area contributed by atoms with Crippen LogP contribution in [-0.4, -0.2) is 52.0 Å². The number of ether oxygens (including phenoxy) is 1. The van der Waals surface area contributed by atoms with Gasteiger partial charge in [0.05, 0.1) is 18.5 Å². The Morgan fingerprint density at radius 2 is 1.88 bits per heavy atom. The van der Waals surface area contributed by atoms with Gasteiger partial charge in [0.15, 0.2) is 5.69 Å². The van der Waals surface area contributed by atoms with Crippen LogP contribution in [-0.2, 0) is 0 Å². The molecule has 3 rings (SSSR count). The lowest BCUT2D eigenvalue weighted by molar-refractivity contribution is 0.0708.